The molecule has 0 aromatic heterocycles. The van der Waals surface area contributed by atoms with E-state index in [1.54, 1.807) is 19.9 Å². The maximum absolute atomic E-state index is 13.8. The van der Waals surface area contributed by atoms with E-state index in [1.165, 1.54) is 24.3 Å². The first-order chi connectivity index (χ1) is 10.9. The van der Waals surface area contributed by atoms with Gasteiger partial charge in [0, 0.05) is 11.3 Å². The summed E-state index contributed by atoms with van der Waals surface area (Å²) in [7, 11) is -4.06. The molecule has 0 aliphatic heterocycles. The van der Waals surface area contributed by atoms with Gasteiger partial charge in [-0.15, -0.1) is 0 Å². The third kappa shape index (κ3) is 4.00. The highest BCUT2D eigenvalue weighted by Crippen LogP contribution is 2.25. The van der Waals surface area contributed by atoms with Gasteiger partial charge in [0.15, 0.2) is 0 Å². The lowest BCUT2D eigenvalue weighted by molar-refractivity contribution is 0.267. The fourth-order valence-electron chi connectivity index (χ4n) is 2.09. The van der Waals surface area contributed by atoms with E-state index < -0.39 is 20.7 Å². The highest BCUT2D eigenvalue weighted by atomic mass is 32.2. The second-order valence-electron chi connectivity index (χ2n) is 4.95. The molecule has 5 nitrogen and oxygen atoms in total. The fourth-order valence-corrected chi connectivity index (χ4v) is 3.30. The summed E-state index contributed by atoms with van der Waals surface area (Å²) in [6.45, 7) is 3.60. The molecule has 0 amide bonds. The van der Waals surface area contributed by atoms with Crippen LogP contribution in [0.15, 0.2) is 41.3 Å². The van der Waals surface area contributed by atoms with Crippen LogP contribution in [0.1, 0.15) is 18.1 Å². The van der Waals surface area contributed by atoms with Crippen molar-refractivity contribution in [3.05, 3.63) is 53.3 Å². The van der Waals surface area contributed by atoms with Gasteiger partial charge < -0.3 is 9.84 Å². The molecule has 2 N–H and O–H groups in total. The molecule has 0 bridgehead atoms. The Hall–Kier alpha value is -2.12. The Morgan fingerprint density at radius 1 is 1.22 bits per heavy atom. The monoisotopic (exact) mass is 339 g/mol. The van der Waals surface area contributed by atoms with E-state index in [0.717, 1.165) is 6.07 Å². The molecule has 2 rings (SSSR count). The molecule has 2 aromatic rings. The van der Waals surface area contributed by atoms with Crippen LogP contribution in [0.25, 0.3) is 0 Å². The number of halogens is 1. The molecular formula is C16H18FNO4S. The first-order valence-corrected chi connectivity index (χ1v) is 8.51. The average Bonchev–Trinajstić information content (AvgIpc) is 2.51. The summed E-state index contributed by atoms with van der Waals surface area (Å²) in [5.41, 5.74) is 1.30. The smallest absolute Gasteiger partial charge is 0.264 e. The summed E-state index contributed by atoms with van der Waals surface area (Å²) in [6.07, 6.45) is 0. The molecule has 124 valence electrons. The zero-order valence-electron chi connectivity index (χ0n) is 12.8. The number of ether oxygens (including phenoxy) is 1. The van der Waals surface area contributed by atoms with Crippen LogP contribution in [0.3, 0.4) is 0 Å². The Bertz CT molecular complexity index is 806. The van der Waals surface area contributed by atoms with Crippen LogP contribution in [0.2, 0.25) is 0 Å². The zero-order chi connectivity index (χ0) is 17.0. The predicted octanol–water partition coefficient (Wildman–Crippen LogP) is 2.83. The summed E-state index contributed by atoms with van der Waals surface area (Å²) >= 11 is 0. The summed E-state index contributed by atoms with van der Waals surface area (Å²) in [6, 6.07) is 8.38. The maximum Gasteiger partial charge on any atom is 0.264 e. The molecule has 0 aliphatic carbocycles. The van der Waals surface area contributed by atoms with Gasteiger partial charge in [-0.25, -0.2) is 12.8 Å². The minimum absolute atomic E-state index is 0.221. The highest BCUT2D eigenvalue weighted by Gasteiger charge is 2.20. The van der Waals surface area contributed by atoms with Crippen LogP contribution in [-0.2, 0) is 16.6 Å². The van der Waals surface area contributed by atoms with Gasteiger partial charge in [-0.1, -0.05) is 6.07 Å². The number of benzene rings is 2. The quantitative estimate of drug-likeness (QED) is 0.848. The molecule has 0 saturated heterocycles. The van der Waals surface area contributed by atoms with Gasteiger partial charge in [-0.3, -0.25) is 4.72 Å². The lowest BCUT2D eigenvalue weighted by Crippen LogP contribution is -2.15. The third-order valence-corrected chi connectivity index (χ3v) is 4.56. The molecule has 0 fully saturated rings. The summed E-state index contributed by atoms with van der Waals surface area (Å²) in [5.74, 6) is -0.351. The van der Waals surface area contributed by atoms with E-state index in [9.17, 15) is 17.9 Å². The Balaban J connectivity index is 2.35. The predicted molar refractivity (Wildman–Crippen MR) is 85.5 cm³/mol. The van der Waals surface area contributed by atoms with Crippen LogP contribution in [0.4, 0.5) is 10.1 Å². The van der Waals surface area contributed by atoms with E-state index in [0.29, 0.717) is 23.5 Å². The Labute approximate surface area is 134 Å². The van der Waals surface area contributed by atoms with Gasteiger partial charge in [0.05, 0.1) is 13.2 Å². The Morgan fingerprint density at radius 3 is 2.61 bits per heavy atom. The number of hydrogen-bond donors (Lipinski definition) is 2. The number of anilines is 1. The van der Waals surface area contributed by atoms with Gasteiger partial charge >= 0.3 is 0 Å². The number of aryl methyl sites for hydroxylation is 1. The van der Waals surface area contributed by atoms with E-state index in [-0.39, 0.29) is 12.3 Å². The summed E-state index contributed by atoms with van der Waals surface area (Å²) in [4.78, 5) is -0.420. The molecule has 0 unspecified atom stereocenters. The van der Waals surface area contributed by atoms with Crippen molar-refractivity contribution in [2.75, 3.05) is 11.3 Å². The van der Waals surface area contributed by atoms with Crippen LogP contribution < -0.4 is 9.46 Å². The fraction of sp³-hybridized carbons (Fsp3) is 0.250. The van der Waals surface area contributed by atoms with E-state index in [2.05, 4.69) is 4.72 Å². The molecular weight excluding hydrogens is 321 g/mol. The van der Waals surface area contributed by atoms with Gasteiger partial charge in [0.25, 0.3) is 10.0 Å². The molecule has 23 heavy (non-hydrogen) atoms. The Kier molecular flexibility index (Phi) is 5.23. The number of rotatable bonds is 6. The van der Waals surface area contributed by atoms with Gasteiger partial charge in [0.1, 0.15) is 16.5 Å². The minimum atomic E-state index is -4.06. The topological polar surface area (TPSA) is 75.6 Å². The molecule has 0 heterocycles. The molecule has 2 aromatic carbocycles. The second-order valence-corrected chi connectivity index (χ2v) is 6.60. The average molecular weight is 339 g/mol. The van der Waals surface area contributed by atoms with Gasteiger partial charge in [-0.2, -0.15) is 0 Å². The van der Waals surface area contributed by atoms with Crippen LogP contribution in [-0.4, -0.2) is 20.1 Å². The van der Waals surface area contributed by atoms with Crippen molar-refractivity contribution in [3.63, 3.8) is 0 Å². The highest BCUT2D eigenvalue weighted by molar-refractivity contribution is 7.92. The SMILES string of the molecule is CCOc1ccc(NS(=O)(=O)c2cc(C)ccc2F)cc1CO. The first kappa shape index (κ1) is 17.2. The second kappa shape index (κ2) is 6.97. The lowest BCUT2D eigenvalue weighted by atomic mass is 10.2. The molecule has 0 radical (unpaired) electrons. The van der Waals surface area contributed by atoms with E-state index in [4.69, 9.17) is 4.74 Å². The molecule has 0 atom stereocenters. The maximum atomic E-state index is 13.8. The number of sulfonamides is 1. The zero-order valence-corrected chi connectivity index (χ0v) is 13.7. The minimum Gasteiger partial charge on any atom is -0.494 e. The van der Waals surface area contributed by atoms with Crippen molar-refractivity contribution < 1.29 is 22.7 Å². The Morgan fingerprint density at radius 2 is 1.96 bits per heavy atom. The van der Waals surface area contributed by atoms with Crippen LogP contribution >= 0.6 is 0 Å². The van der Waals surface area contributed by atoms with E-state index >= 15 is 0 Å². The van der Waals surface area contributed by atoms with Gasteiger partial charge in [0.2, 0.25) is 0 Å². The molecule has 7 heteroatoms. The normalized spacial score (nSPS) is 11.3. The van der Waals surface area contributed by atoms with Gasteiger partial charge in [-0.05, 0) is 49.7 Å². The third-order valence-electron chi connectivity index (χ3n) is 3.16. The first-order valence-electron chi connectivity index (χ1n) is 7.03. The molecule has 0 aliphatic rings. The summed E-state index contributed by atoms with van der Waals surface area (Å²) < 4.78 is 46.1. The van der Waals surface area contributed by atoms with Crippen LogP contribution in [0.5, 0.6) is 5.75 Å². The van der Waals surface area contributed by atoms with Crippen molar-refractivity contribution in [2.24, 2.45) is 0 Å². The largest absolute Gasteiger partial charge is 0.494 e. The number of nitrogens with one attached hydrogen (secondary N) is 1. The van der Waals surface area contributed by atoms with Crippen molar-refractivity contribution >= 4 is 15.7 Å². The van der Waals surface area contributed by atoms with Crippen molar-refractivity contribution in [1.29, 1.82) is 0 Å². The number of aliphatic hydroxyl groups excluding tert-OH is 1. The van der Waals surface area contributed by atoms with E-state index in [1.807, 2.05) is 0 Å². The van der Waals surface area contributed by atoms with Crippen LogP contribution in [0, 0.1) is 12.7 Å². The van der Waals surface area contributed by atoms with Crippen molar-refractivity contribution in [2.45, 2.75) is 25.3 Å². The van der Waals surface area contributed by atoms with Crippen molar-refractivity contribution in [3.8, 4) is 5.75 Å². The molecule has 0 spiro atoms. The standard InChI is InChI=1S/C16H18FNO4S/c1-3-22-15-7-5-13(9-12(15)10-19)18-23(20,21)16-8-11(2)4-6-14(16)17/h4-9,18-19H,3,10H2,1-2H3. The van der Waals surface area contributed by atoms with Crippen molar-refractivity contribution in [1.82, 2.24) is 0 Å². The molecule has 0 saturated carbocycles. The lowest BCUT2D eigenvalue weighted by Gasteiger charge is -2.13. The number of hydrogen-bond acceptors (Lipinski definition) is 4. The number of aliphatic hydroxyl groups is 1. The summed E-state index contributed by atoms with van der Waals surface area (Å²) in [5, 5.41) is 9.35.